The standard InChI is InChI=1S/C11H25N3O/c1-5-7-14(9(2)3)8-6-10(13-4)11(12)15/h9-10,13H,5-8H2,1-4H3,(H2,12,15). The first-order chi connectivity index (χ1) is 7.02. The predicted molar refractivity (Wildman–Crippen MR) is 63.7 cm³/mol. The first-order valence-electron chi connectivity index (χ1n) is 5.73. The summed E-state index contributed by atoms with van der Waals surface area (Å²) < 4.78 is 0. The van der Waals surface area contributed by atoms with E-state index in [0.29, 0.717) is 6.04 Å². The van der Waals surface area contributed by atoms with Gasteiger partial charge in [0, 0.05) is 12.6 Å². The van der Waals surface area contributed by atoms with Crippen LogP contribution < -0.4 is 11.1 Å². The molecule has 0 fully saturated rings. The van der Waals surface area contributed by atoms with Crippen molar-refractivity contribution in [1.29, 1.82) is 0 Å². The molecule has 0 radical (unpaired) electrons. The molecule has 1 unspecified atom stereocenters. The number of nitrogens with one attached hydrogen (secondary N) is 1. The van der Waals surface area contributed by atoms with E-state index in [1.165, 1.54) is 0 Å². The highest BCUT2D eigenvalue weighted by Gasteiger charge is 2.15. The highest BCUT2D eigenvalue weighted by molar-refractivity contribution is 5.79. The lowest BCUT2D eigenvalue weighted by molar-refractivity contribution is -0.120. The molecule has 90 valence electrons. The Bertz CT molecular complexity index is 183. The van der Waals surface area contributed by atoms with Crippen LogP contribution in [0.2, 0.25) is 0 Å². The van der Waals surface area contributed by atoms with Crippen LogP contribution in [-0.4, -0.2) is 43.0 Å². The van der Waals surface area contributed by atoms with E-state index in [1.54, 1.807) is 7.05 Å². The largest absolute Gasteiger partial charge is 0.368 e. The minimum atomic E-state index is -0.266. The Morgan fingerprint density at radius 1 is 1.40 bits per heavy atom. The van der Waals surface area contributed by atoms with Crippen LogP contribution in [-0.2, 0) is 4.79 Å². The Morgan fingerprint density at radius 3 is 2.33 bits per heavy atom. The number of hydrogen-bond donors (Lipinski definition) is 2. The third-order valence-electron chi connectivity index (χ3n) is 2.64. The van der Waals surface area contributed by atoms with Crippen LogP contribution in [0.5, 0.6) is 0 Å². The van der Waals surface area contributed by atoms with Crippen molar-refractivity contribution in [1.82, 2.24) is 10.2 Å². The van der Waals surface area contributed by atoms with Crippen molar-refractivity contribution >= 4 is 5.91 Å². The van der Waals surface area contributed by atoms with Crippen molar-refractivity contribution in [2.75, 3.05) is 20.1 Å². The van der Waals surface area contributed by atoms with Crippen molar-refractivity contribution < 1.29 is 4.79 Å². The maximum Gasteiger partial charge on any atom is 0.234 e. The van der Waals surface area contributed by atoms with E-state index in [2.05, 4.69) is 31.0 Å². The minimum Gasteiger partial charge on any atom is -0.368 e. The third kappa shape index (κ3) is 5.74. The fourth-order valence-electron chi connectivity index (χ4n) is 1.64. The number of carbonyl (C=O) groups is 1. The van der Waals surface area contributed by atoms with Crippen LogP contribution >= 0.6 is 0 Å². The predicted octanol–water partition coefficient (Wildman–Crippen LogP) is 0.570. The number of hydrogen-bond acceptors (Lipinski definition) is 3. The molecule has 0 rings (SSSR count). The summed E-state index contributed by atoms with van der Waals surface area (Å²) in [6.45, 7) is 8.51. The highest BCUT2D eigenvalue weighted by Crippen LogP contribution is 2.03. The Kier molecular flexibility index (Phi) is 7.34. The number of nitrogens with two attached hydrogens (primary N) is 1. The third-order valence-corrected chi connectivity index (χ3v) is 2.64. The number of likely N-dealkylation sites (N-methyl/N-ethyl adjacent to an activating group) is 1. The number of rotatable bonds is 8. The van der Waals surface area contributed by atoms with E-state index in [-0.39, 0.29) is 11.9 Å². The summed E-state index contributed by atoms with van der Waals surface area (Å²) >= 11 is 0. The smallest absolute Gasteiger partial charge is 0.234 e. The van der Waals surface area contributed by atoms with Crippen molar-refractivity contribution in [3.05, 3.63) is 0 Å². The average molecular weight is 215 g/mol. The van der Waals surface area contributed by atoms with E-state index in [0.717, 1.165) is 25.9 Å². The highest BCUT2D eigenvalue weighted by atomic mass is 16.1. The Labute approximate surface area is 93.2 Å². The molecule has 0 heterocycles. The molecule has 0 aliphatic carbocycles. The molecule has 0 saturated carbocycles. The van der Waals surface area contributed by atoms with E-state index in [1.807, 2.05) is 0 Å². The van der Waals surface area contributed by atoms with Crippen LogP contribution in [0.4, 0.5) is 0 Å². The number of carbonyl (C=O) groups excluding carboxylic acids is 1. The molecule has 1 amide bonds. The molecule has 0 aliphatic heterocycles. The summed E-state index contributed by atoms with van der Waals surface area (Å²) in [6.07, 6.45) is 1.92. The maximum absolute atomic E-state index is 11.0. The maximum atomic E-state index is 11.0. The summed E-state index contributed by atoms with van der Waals surface area (Å²) in [7, 11) is 1.77. The van der Waals surface area contributed by atoms with Gasteiger partial charge in [-0.1, -0.05) is 6.92 Å². The molecule has 4 nitrogen and oxygen atoms in total. The van der Waals surface area contributed by atoms with Gasteiger partial charge in [-0.25, -0.2) is 0 Å². The van der Waals surface area contributed by atoms with Crippen LogP contribution in [0.25, 0.3) is 0 Å². The lowest BCUT2D eigenvalue weighted by Gasteiger charge is -2.27. The SMILES string of the molecule is CCCN(CCC(NC)C(N)=O)C(C)C. The molecule has 3 N–H and O–H groups in total. The van der Waals surface area contributed by atoms with Crippen LogP contribution in [0.1, 0.15) is 33.6 Å². The van der Waals surface area contributed by atoms with Crippen LogP contribution in [0.15, 0.2) is 0 Å². The molecule has 4 heteroatoms. The zero-order chi connectivity index (χ0) is 11.8. The number of nitrogens with zero attached hydrogens (tertiary/aromatic N) is 1. The Balaban J connectivity index is 4.01. The van der Waals surface area contributed by atoms with E-state index in [4.69, 9.17) is 5.73 Å². The topological polar surface area (TPSA) is 58.4 Å². The van der Waals surface area contributed by atoms with E-state index >= 15 is 0 Å². The van der Waals surface area contributed by atoms with Gasteiger partial charge in [0.15, 0.2) is 0 Å². The molecule has 0 bridgehead atoms. The van der Waals surface area contributed by atoms with Crippen molar-refractivity contribution in [3.8, 4) is 0 Å². The van der Waals surface area contributed by atoms with E-state index in [9.17, 15) is 4.79 Å². The quantitative estimate of drug-likeness (QED) is 0.622. The minimum absolute atomic E-state index is 0.205. The molecule has 0 saturated heterocycles. The zero-order valence-electron chi connectivity index (χ0n) is 10.4. The fourth-order valence-corrected chi connectivity index (χ4v) is 1.64. The van der Waals surface area contributed by atoms with E-state index < -0.39 is 0 Å². The first kappa shape index (κ1) is 14.4. The van der Waals surface area contributed by atoms with Gasteiger partial charge in [-0.15, -0.1) is 0 Å². The van der Waals surface area contributed by atoms with Gasteiger partial charge in [-0.05, 0) is 40.3 Å². The van der Waals surface area contributed by atoms with Crippen molar-refractivity contribution in [3.63, 3.8) is 0 Å². The van der Waals surface area contributed by atoms with Crippen molar-refractivity contribution in [2.24, 2.45) is 5.73 Å². The average Bonchev–Trinajstić information content (AvgIpc) is 2.16. The van der Waals surface area contributed by atoms with Gasteiger partial charge < -0.3 is 16.0 Å². The molecule has 0 aromatic carbocycles. The van der Waals surface area contributed by atoms with Gasteiger partial charge in [-0.3, -0.25) is 4.79 Å². The second-order valence-electron chi connectivity index (χ2n) is 4.16. The second kappa shape index (κ2) is 7.65. The molecule has 15 heavy (non-hydrogen) atoms. The normalized spacial score (nSPS) is 13.5. The van der Waals surface area contributed by atoms with Gasteiger partial charge in [0.1, 0.15) is 0 Å². The Morgan fingerprint density at radius 2 is 2.00 bits per heavy atom. The Hall–Kier alpha value is -0.610. The molecular formula is C11H25N3O. The summed E-state index contributed by atoms with van der Waals surface area (Å²) in [6, 6.07) is 0.318. The summed E-state index contributed by atoms with van der Waals surface area (Å²) in [4.78, 5) is 13.4. The van der Waals surface area contributed by atoms with Gasteiger partial charge in [0.05, 0.1) is 6.04 Å². The molecule has 1 atom stereocenters. The van der Waals surface area contributed by atoms with Crippen LogP contribution in [0.3, 0.4) is 0 Å². The monoisotopic (exact) mass is 215 g/mol. The number of amides is 1. The summed E-state index contributed by atoms with van der Waals surface area (Å²) in [5, 5.41) is 2.94. The molecule has 0 aromatic heterocycles. The van der Waals surface area contributed by atoms with Crippen LogP contribution in [0, 0.1) is 0 Å². The summed E-state index contributed by atoms with van der Waals surface area (Å²) in [5.41, 5.74) is 5.26. The van der Waals surface area contributed by atoms with Gasteiger partial charge >= 0.3 is 0 Å². The first-order valence-corrected chi connectivity index (χ1v) is 5.73. The lowest BCUT2D eigenvalue weighted by atomic mass is 10.1. The number of primary amides is 1. The lowest BCUT2D eigenvalue weighted by Crippen LogP contribution is -2.43. The second-order valence-corrected chi connectivity index (χ2v) is 4.16. The zero-order valence-corrected chi connectivity index (χ0v) is 10.4. The van der Waals surface area contributed by atoms with Gasteiger partial charge in [-0.2, -0.15) is 0 Å². The molecule has 0 aromatic rings. The van der Waals surface area contributed by atoms with Gasteiger partial charge in [0.25, 0.3) is 0 Å². The molecule has 0 aliphatic rings. The summed E-state index contributed by atoms with van der Waals surface area (Å²) in [5.74, 6) is -0.266. The fraction of sp³-hybridized carbons (Fsp3) is 0.909. The molecular weight excluding hydrogens is 190 g/mol. The van der Waals surface area contributed by atoms with Crippen molar-refractivity contribution in [2.45, 2.75) is 45.7 Å². The molecule has 0 spiro atoms. The van der Waals surface area contributed by atoms with Gasteiger partial charge in [0.2, 0.25) is 5.91 Å².